The normalized spacial score (nSPS) is 11.7. The van der Waals surface area contributed by atoms with E-state index in [1.807, 2.05) is 24.3 Å². The van der Waals surface area contributed by atoms with Gasteiger partial charge in [-0.15, -0.1) is 34.5 Å². The lowest BCUT2D eigenvalue weighted by Crippen LogP contribution is -2.27. The van der Waals surface area contributed by atoms with Gasteiger partial charge in [0.15, 0.2) is 5.69 Å². The number of benzene rings is 2. The first kappa shape index (κ1) is 27.6. The topological polar surface area (TPSA) is 75.4 Å². The first-order valence-corrected chi connectivity index (χ1v) is 13.2. The van der Waals surface area contributed by atoms with Crippen LogP contribution in [0.4, 0.5) is 18.9 Å². The van der Waals surface area contributed by atoms with Gasteiger partial charge in [-0.1, -0.05) is 42.5 Å². The summed E-state index contributed by atoms with van der Waals surface area (Å²) in [5.41, 5.74) is 3.77. The number of hydrazone groups is 1. The lowest BCUT2D eigenvalue weighted by molar-refractivity contribution is -0.141. The Labute approximate surface area is 230 Å². The summed E-state index contributed by atoms with van der Waals surface area (Å²) in [5, 5.41) is 9.21. The number of rotatable bonds is 10. The molecule has 4 rings (SSSR count). The van der Waals surface area contributed by atoms with Crippen molar-refractivity contribution >= 4 is 52.3 Å². The zero-order valence-corrected chi connectivity index (χ0v) is 22.0. The highest BCUT2D eigenvalue weighted by Crippen LogP contribution is 2.33. The number of carbonyl (C=O) groups is 1. The van der Waals surface area contributed by atoms with Crippen LogP contribution in [0.3, 0.4) is 0 Å². The van der Waals surface area contributed by atoms with Gasteiger partial charge in [-0.25, -0.2) is 15.1 Å². The highest BCUT2D eigenvalue weighted by atomic mass is 35.5. The molecule has 13 heteroatoms. The van der Waals surface area contributed by atoms with Crippen LogP contribution in [0, 0.1) is 0 Å². The molecule has 2 aromatic carbocycles. The van der Waals surface area contributed by atoms with Gasteiger partial charge >= 0.3 is 6.18 Å². The number of anilines is 1. The maximum Gasteiger partial charge on any atom is 0.435 e. The van der Waals surface area contributed by atoms with E-state index in [4.69, 9.17) is 23.2 Å². The Hall–Kier alpha value is -3.41. The lowest BCUT2D eigenvalue weighted by Gasteiger charge is -2.22. The van der Waals surface area contributed by atoms with Gasteiger partial charge in [-0.3, -0.25) is 4.79 Å². The van der Waals surface area contributed by atoms with Crippen LogP contribution in [0.2, 0.25) is 0 Å². The summed E-state index contributed by atoms with van der Waals surface area (Å²) in [6.07, 6.45) is -3.16. The molecule has 0 saturated heterocycles. The Morgan fingerprint density at radius 1 is 1.08 bits per heavy atom. The van der Waals surface area contributed by atoms with Crippen molar-refractivity contribution in [1.29, 1.82) is 0 Å². The molecular weight excluding hydrogens is 560 g/mol. The molecule has 0 spiro atoms. The average molecular weight is 581 g/mol. The Bertz CT molecular complexity index is 1380. The Morgan fingerprint density at radius 2 is 1.76 bits per heavy atom. The predicted molar refractivity (Wildman–Crippen MR) is 145 cm³/mol. The van der Waals surface area contributed by atoms with Crippen molar-refractivity contribution in [3.8, 4) is 16.4 Å². The highest BCUT2D eigenvalue weighted by molar-refractivity contribution is 7.12. The van der Waals surface area contributed by atoms with E-state index in [2.05, 4.69) is 25.5 Å². The van der Waals surface area contributed by atoms with Crippen LogP contribution in [-0.4, -0.2) is 51.7 Å². The minimum absolute atomic E-state index is 0.00152. The predicted octanol–water partition coefficient (Wildman–Crippen LogP) is 6.06. The van der Waals surface area contributed by atoms with Crippen LogP contribution >= 0.6 is 34.5 Å². The SMILES string of the molecule is O=C(N/N=C\c1ccc(N(CCCl)CCCl)cc1)c1csc(-n2nc(C(F)(F)F)cc2-c2ccccc2)n1. The van der Waals surface area contributed by atoms with E-state index in [-0.39, 0.29) is 16.5 Å². The number of hydrogen-bond donors (Lipinski definition) is 1. The zero-order chi connectivity index (χ0) is 27.1. The lowest BCUT2D eigenvalue weighted by atomic mass is 10.1. The second kappa shape index (κ2) is 12.4. The summed E-state index contributed by atoms with van der Waals surface area (Å²) >= 11 is 12.7. The standard InChI is InChI=1S/C25H21Cl2F3N6OS/c26-10-12-35(13-11-27)19-8-6-17(7-9-19)15-31-33-23(37)20-16-38-24(32-20)36-21(18-4-2-1-3-5-18)14-22(34-36)25(28,29)30/h1-9,14-16H,10-13H2,(H,33,37)/b31-15-. The van der Waals surface area contributed by atoms with Crippen molar-refractivity contribution < 1.29 is 18.0 Å². The van der Waals surface area contributed by atoms with Gasteiger partial charge in [-0.2, -0.15) is 23.4 Å². The van der Waals surface area contributed by atoms with Crippen molar-refractivity contribution in [3.05, 3.63) is 83.0 Å². The molecule has 1 amide bonds. The molecule has 0 aliphatic heterocycles. The van der Waals surface area contributed by atoms with Crippen LogP contribution in [0.5, 0.6) is 0 Å². The minimum Gasteiger partial charge on any atom is -0.369 e. The molecule has 4 aromatic rings. The third-order valence-electron chi connectivity index (χ3n) is 5.32. The van der Waals surface area contributed by atoms with Crippen LogP contribution in [-0.2, 0) is 6.18 Å². The minimum atomic E-state index is -4.63. The van der Waals surface area contributed by atoms with Gasteiger partial charge in [0.25, 0.3) is 5.91 Å². The monoisotopic (exact) mass is 580 g/mol. The molecule has 0 fully saturated rings. The molecule has 0 saturated carbocycles. The Balaban J connectivity index is 1.47. The smallest absolute Gasteiger partial charge is 0.369 e. The van der Waals surface area contributed by atoms with Crippen molar-refractivity contribution in [2.24, 2.45) is 5.10 Å². The van der Waals surface area contributed by atoms with E-state index >= 15 is 0 Å². The number of nitrogens with zero attached hydrogens (tertiary/aromatic N) is 5. The van der Waals surface area contributed by atoms with Crippen LogP contribution < -0.4 is 10.3 Å². The molecule has 0 bridgehead atoms. The summed E-state index contributed by atoms with van der Waals surface area (Å²) in [6.45, 7) is 1.33. The Kier molecular flexibility index (Phi) is 9.03. The van der Waals surface area contributed by atoms with Crippen molar-refractivity contribution in [2.45, 2.75) is 6.18 Å². The van der Waals surface area contributed by atoms with Crippen molar-refractivity contribution in [2.75, 3.05) is 29.7 Å². The third-order valence-corrected chi connectivity index (χ3v) is 6.48. The van der Waals surface area contributed by atoms with E-state index in [0.717, 1.165) is 33.3 Å². The average Bonchev–Trinajstić information content (AvgIpc) is 3.57. The summed E-state index contributed by atoms with van der Waals surface area (Å²) in [7, 11) is 0. The van der Waals surface area contributed by atoms with Gasteiger partial charge in [0.1, 0.15) is 5.69 Å². The second-order valence-corrected chi connectivity index (χ2v) is 9.45. The number of amides is 1. The molecule has 38 heavy (non-hydrogen) atoms. The van der Waals surface area contributed by atoms with Crippen molar-refractivity contribution in [1.82, 2.24) is 20.2 Å². The van der Waals surface area contributed by atoms with E-state index in [1.165, 1.54) is 11.6 Å². The van der Waals surface area contributed by atoms with Gasteiger partial charge in [0.05, 0.1) is 11.9 Å². The van der Waals surface area contributed by atoms with Crippen LogP contribution in [0.1, 0.15) is 21.7 Å². The molecule has 0 aliphatic rings. The molecule has 0 radical (unpaired) electrons. The van der Waals surface area contributed by atoms with Gasteiger partial charge in [0.2, 0.25) is 5.13 Å². The fourth-order valence-corrected chi connectivity index (χ4v) is 4.69. The van der Waals surface area contributed by atoms with E-state index in [0.29, 0.717) is 30.4 Å². The van der Waals surface area contributed by atoms with E-state index in [1.54, 1.807) is 30.3 Å². The quantitative estimate of drug-likeness (QED) is 0.140. The number of aromatic nitrogens is 3. The number of carbonyl (C=O) groups excluding carboxylic acids is 1. The number of nitrogens with one attached hydrogen (secondary N) is 1. The largest absolute Gasteiger partial charge is 0.435 e. The molecule has 0 atom stereocenters. The maximum absolute atomic E-state index is 13.4. The number of hydrogen-bond acceptors (Lipinski definition) is 6. The van der Waals surface area contributed by atoms with Crippen LogP contribution in [0.25, 0.3) is 16.4 Å². The molecule has 0 aliphatic carbocycles. The first-order chi connectivity index (χ1) is 18.3. The zero-order valence-electron chi connectivity index (χ0n) is 19.7. The Morgan fingerprint density at radius 3 is 2.39 bits per heavy atom. The van der Waals surface area contributed by atoms with Gasteiger partial charge in [0, 0.05) is 41.5 Å². The summed E-state index contributed by atoms with van der Waals surface area (Å²) < 4.78 is 41.2. The molecule has 2 aromatic heterocycles. The van der Waals surface area contributed by atoms with Gasteiger partial charge in [-0.05, 0) is 23.8 Å². The van der Waals surface area contributed by atoms with Gasteiger partial charge < -0.3 is 4.90 Å². The van der Waals surface area contributed by atoms with E-state index < -0.39 is 17.8 Å². The van der Waals surface area contributed by atoms with Crippen molar-refractivity contribution in [3.63, 3.8) is 0 Å². The maximum atomic E-state index is 13.4. The number of thiazole rings is 1. The van der Waals surface area contributed by atoms with Crippen LogP contribution in [0.15, 0.2) is 71.1 Å². The molecule has 0 unspecified atom stereocenters. The summed E-state index contributed by atoms with van der Waals surface area (Å²) in [6, 6.07) is 16.9. The molecule has 198 valence electrons. The molecular formula is C25H21Cl2F3N6OS. The molecule has 1 N–H and O–H groups in total. The molecule has 2 heterocycles. The first-order valence-electron chi connectivity index (χ1n) is 11.3. The molecule has 7 nitrogen and oxygen atoms in total. The third kappa shape index (κ3) is 6.72. The second-order valence-electron chi connectivity index (χ2n) is 7.86. The summed E-state index contributed by atoms with van der Waals surface area (Å²) in [5.74, 6) is 0.337. The summed E-state index contributed by atoms with van der Waals surface area (Å²) in [4.78, 5) is 18.8. The number of alkyl halides is 5. The number of halogens is 5. The fraction of sp³-hybridized carbons (Fsp3) is 0.200. The van der Waals surface area contributed by atoms with E-state index in [9.17, 15) is 18.0 Å². The highest BCUT2D eigenvalue weighted by Gasteiger charge is 2.35. The fourth-order valence-electron chi connectivity index (χ4n) is 3.51.